The Balaban J connectivity index is 1.95. The largest absolute Gasteiger partial charge is 0.454 e. The van der Waals surface area contributed by atoms with Gasteiger partial charge in [0.1, 0.15) is 15.4 Å². The van der Waals surface area contributed by atoms with Crippen molar-refractivity contribution in [3.63, 3.8) is 0 Å². The molecule has 7 nitrogen and oxygen atoms in total. The molecule has 0 bridgehead atoms. The number of nitrogens with two attached hydrogens (primary N) is 1. The summed E-state index contributed by atoms with van der Waals surface area (Å²) in [6.45, 7) is 0.674. The van der Waals surface area contributed by atoms with Gasteiger partial charge >= 0.3 is 0 Å². The first-order valence-corrected chi connectivity index (χ1v) is 9.88. The van der Waals surface area contributed by atoms with Crippen molar-refractivity contribution in [2.45, 2.75) is 25.7 Å². The number of terminal acetylenes is 1. The molecule has 1 aromatic carbocycles. The van der Waals surface area contributed by atoms with E-state index in [1.165, 1.54) is 6.34 Å². The second kappa shape index (κ2) is 9.34. The van der Waals surface area contributed by atoms with Gasteiger partial charge in [0.05, 0.1) is 6.34 Å². The third-order valence-electron chi connectivity index (χ3n) is 4.00. The average Bonchev–Trinajstić information content (AvgIpc) is 3.11. The summed E-state index contributed by atoms with van der Waals surface area (Å²) in [5, 5.41) is 2.96. The fraction of sp³-hybridized carbons (Fsp3) is 0.333. The molecule has 1 aromatic rings. The molecular weight excluding hydrogens is 500 g/mol. The number of hydrogen-bond donors (Lipinski definition) is 2. The number of amidine groups is 1. The highest BCUT2D eigenvalue weighted by molar-refractivity contribution is 14.1. The first-order chi connectivity index (χ1) is 13.5. The summed E-state index contributed by atoms with van der Waals surface area (Å²) >= 11 is 8.36. The first kappa shape index (κ1) is 20.5. The lowest BCUT2D eigenvalue weighted by Crippen LogP contribution is -2.33. The molecule has 2 aliphatic rings. The molecule has 0 spiro atoms. The van der Waals surface area contributed by atoms with Gasteiger partial charge in [-0.25, -0.2) is 9.98 Å². The van der Waals surface area contributed by atoms with Crippen LogP contribution in [0.15, 0.2) is 31.6 Å². The molecule has 0 fully saturated rings. The van der Waals surface area contributed by atoms with Gasteiger partial charge in [0.2, 0.25) is 6.79 Å². The van der Waals surface area contributed by atoms with E-state index in [0.29, 0.717) is 51.9 Å². The van der Waals surface area contributed by atoms with Crippen LogP contribution in [-0.2, 0) is 6.42 Å². The third-order valence-corrected chi connectivity index (χ3v) is 5.18. The summed E-state index contributed by atoms with van der Waals surface area (Å²) in [7, 11) is 0. The minimum absolute atomic E-state index is 0.102. The molecule has 0 saturated carbocycles. The molecule has 0 aliphatic carbocycles. The Morgan fingerprint density at radius 3 is 2.93 bits per heavy atom. The zero-order chi connectivity index (χ0) is 20.1. The highest BCUT2D eigenvalue weighted by Crippen LogP contribution is 2.37. The van der Waals surface area contributed by atoms with Crippen molar-refractivity contribution >= 4 is 46.4 Å². The highest BCUT2D eigenvalue weighted by atomic mass is 127. The van der Waals surface area contributed by atoms with Crippen LogP contribution in [0.2, 0.25) is 5.02 Å². The lowest BCUT2D eigenvalue weighted by Gasteiger charge is -2.22. The van der Waals surface area contributed by atoms with Gasteiger partial charge < -0.3 is 25.4 Å². The van der Waals surface area contributed by atoms with Crippen LogP contribution in [0.3, 0.4) is 0 Å². The number of nitrogens with one attached hydrogen (secondary N) is 1. The smallest absolute Gasteiger partial charge is 0.266 e. The van der Waals surface area contributed by atoms with Gasteiger partial charge in [0.15, 0.2) is 11.5 Å². The number of fused-ring (bicyclic) bond motifs is 1. The topological polar surface area (TPSA) is 84.5 Å². The van der Waals surface area contributed by atoms with Crippen molar-refractivity contribution in [1.29, 1.82) is 0 Å². The van der Waals surface area contributed by atoms with Gasteiger partial charge in [-0.1, -0.05) is 11.6 Å². The number of hydrogen-bond acceptors (Lipinski definition) is 7. The van der Waals surface area contributed by atoms with Gasteiger partial charge in [-0.3, -0.25) is 0 Å². The van der Waals surface area contributed by atoms with Crippen LogP contribution in [0.25, 0.3) is 0 Å². The number of ether oxygens (including phenoxy) is 2. The molecule has 28 heavy (non-hydrogen) atoms. The number of halogens is 3. The van der Waals surface area contributed by atoms with Crippen molar-refractivity contribution in [2.24, 2.45) is 15.7 Å². The molecule has 0 aromatic heterocycles. The van der Waals surface area contributed by atoms with Crippen molar-refractivity contribution < 1.29 is 13.9 Å². The Morgan fingerprint density at radius 2 is 2.18 bits per heavy atom. The van der Waals surface area contributed by atoms with Crippen LogP contribution >= 0.6 is 34.2 Å². The summed E-state index contributed by atoms with van der Waals surface area (Å²) < 4.78 is 25.2. The Hall–Kier alpha value is -2.19. The molecule has 3 rings (SSSR count). The van der Waals surface area contributed by atoms with Crippen LogP contribution in [-0.4, -0.2) is 36.8 Å². The number of unbranched alkanes of at least 4 members (excludes halogenated alkanes) is 1. The lowest BCUT2D eigenvalue weighted by atomic mass is 10.1. The molecule has 148 valence electrons. The van der Waals surface area contributed by atoms with Gasteiger partial charge in [-0.2, -0.15) is 4.39 Å². The van der Waals surface area contributed by atoms with E-state index in [1.807, 2.05) is 28.7 Å². The minimum atomic E-state index is -1.68. The van der Waals surface area contributed by atoms with Gasteiger partial charge in [-0.05, 0) is 40.6 Å². The van der Waals surface area contributed by atoms with Crippen molar-refractivity contribution in [1.82, 2.24) is 10.2 Å². The molecular formula is C18H18ClFIN5O2. The fourth-order valence-corrected chi connectivity index (χ4v) is 3.27. The third kappa shape index (κ3) is 4.99. The van der Waals surface area contributed by atoms with Crippen molar-refractivity contribution in [3.05, 3.63) is 32.2 Å². The van der Waals surface area contributed by atoms with E-state index in [-0.39, 0.29) is 12.6 Å². The second-order valence-electron chi connectivity index (χ2n) is 5.95. The van der Waals surface area contributed by atoms with Gasteiger partial charge in [-0.15, -0.1) is 12.3 Å². The summed E-state index contributed by atoms with van der Waals surface area (Å²) in [5.74, 6) is 4.51. The first-order valence-electron chi connectivity index (χ1n) is 8.42. The Morgan fingerprint density at radius 1 is 1.43 bits per heavy atom. The fourth-order valence-electron chi connectivity index (χ4n) is 2.61. The van der Waals surface area contributed by atoms with Crippen LogP contribution in [0, 0.1) is 12.3 Å². The zero-order valence-electron chi connectivity index (χ0n) is 14.8. The monoisotopic (exact) mass is 517 g/mol. The molecule has 2 heterocycles. The van der Waals surface area contributed by atoms with E-state index >= 15 is 0 Å². The van der Waals surface area contributed by atoms with Crippen LogP contribution in [0.5, 0.6) is 11.5 Å². The second-order valence-corrected chi connectivity index (χ2v) is 7.38. The minimum Gasteiger partial charge on any atom is -0.454 e. The SMILES string of the molecule is C#CCCCN1C=NC(F)N/C(N)=C(\I)N=C1Cc1cc2c(cc1Cl)OCO2. The molecule has 3 N–H and O–H groups in total. The number of rotatable bonds is 5. The number of benzene rings is 1. The maximum atomic E-state index is 14.0. The maximum absolute atomic E-state index is 14.0. The van der Waals surface area contributed by atoms with E-state index < -0.39 is 6.42 Å². The molecule has 1 atom stereocenters. The molecule has 1 unspecified atom stereocenters. The Bertz CT molecular complexity index is 883. The van der Waals surface area contributed by atoms with Crippen LogP contribution < -0.4 is 20.5 Å². The summed E-state index contributed by atoms with van der Waals surface area (Å²) in [5.41, 5.74) is 6.65. The number of alkyl halides is 1. The van der Waals surface area contributed by atoms with E-state index in [0.717, 1.165) is 5.56 Å². The standard InChI is InChI=1S/C18H18ClFIN5O2/c1-2-3-4-5-26-9-23-18(20)25-17(22)16(21)24-15(26)7-11-6-13-14(8-12(11)19)28-10-27-13/h1,6,8-9,18,25H,3-5,7,10,22H2/b17-16+,23-9?,24-15?. The predicted octanol–water partition coefficient (Wildman–Crippen LogP) is 3.13. The number of aliphatic imine (C=N–C) groups is 2. The molecule has 0 saturated heterocycles. The molecule has 0 radical (unpaired) electrons. The van der Waals surface area contributed by atoms with Crippen molar-refractivity contribution in [3.8, 4) is 23.8 Å². The van der Waals surface area contributed by atoms with E-state index in [2.05, 4.69) is 21.2 Å². The number of nitrogens with zero attached hydrogens (tertiary/aromatic N) is 3. The Labute approximate surface area is 181 Å². The Kier molecular flexibility index (Phi) is 6.85. The summed E-state index contributed by atoms with van der Waals surface area (Å²) in [6.07, 6.45) is 6.69. The molecule has 0 amide bonds. The average molecular weight is 518 g/mol. The lowest BCUT2D eigenvalue weighted by molar-refractivity contribution is 0.174. The van der Waals surface area contributed by atoms with E-state index in [4.69, 9.17) is 33.2 Å². The maximum Gasteiger partial charge on any atom is 0.266 e. The predicted molar refractivity (Wildman–Crippen MR) is 115 cm³/mol. The quantitative estimate of drug-likeness (QED) is 0.271. The van der Waals surface area contributed by atoms with Crippen molar-refractivity contribution in [2.75, 3.05) is 13.3 Å². The van der Waals surface area contributed by atoms with E-state index in [1.54, 1.807) is 11.0 Å². The summed E-state index contributed by atoms with van der Waals surface area (Å²) in [4.78, 5) is 10.2. The van der Waals surface area contributed by atoms with E-state index in [9.17, 15) is 4.39 Å². The zero-order valence-corrected chi connectivity index (χ0v) is 17.7. The summed E-state index contributed by atoms with van der Waals surface area (Å²) in [6, 6.07) is 3.52. The molecule has 10 heteroatoms. The molecule has 2 aliphatic heterocycles. The van der Waals surface area contributed by atoms with Gasteiger partial charge in [0.25, 0.3) is 6.42 Å². The normalized spacial score (nSPS) is 21.3. The highest BCUT2D eigenvalue weighted by Gasteiger charge is 2.21. The van der Waals surface area contributed by atoms with Crippen LogP contribution in [0.1, 0.15) is 18.4 Å². The van der Waals surface area contributed by atoms with Crippen LogP contribution in [0.4, 0.5) is 4.39 Å². The van der Waals surface area contributed by atoms with Gasteiger partial charge in [0, 0.05) is 30.5 Å².